The third-order valence-electron chi connectivity index (χ3n) is 3.82. The van der Waals surface area contributed by atoms with Gasteiger partial charge in [-0.3, -0.25) is 4.68 Å². The molecule has 23 heavy (non-hydrogen) atoms. The first-order valence-corrected chi connectivity index (χ1v) is 9.53. The zero-order chi connectivity index (χ0) is 16.9. The van der Waals surface area contributed by atoms with E-state index in [1.165, 1.54) is 0 Å². The van der Waals surface area contributed by atoms with Crippen LogP contribution in [0.4, 0.5) is 0 Å². The smallest absolute Gasteiger partial charge is 0.160 e. The van der Waals surface area contributed by atoms with Gasteiger partial charge in [0.05, 0.1) is 34.9 Å². The minimum atomic E-state index is -3.29. The number of aromatic nitrogens is 2. The Balaban J connectivity index is 2.07. The summed E-state index contributed by atoms with van der Waals surface area (Å²) in [4.78, 5) is 0. The number of sulfone groups is 1. The van der Waals surface area contributed by atoms with Crippen LogP contribution in [0.3, 0.4) is 0 Å². The van der Waals surface area contributed by atoms with E-state index in [9.17, 15) is 8.42 Å². The van der Waals surface area contributed by atoms with Crippen molar-refractivity contribution in [2.75, 3.05) is 0 Å². The summed E-state index contributed by atoms with van der Waals surface area (Å²) in [7, 11) is -3.29. The average molecular weight is 331 g/mol. The molecule has 0 spiro atoms. The Morgan fingerprint density at radius 2 is 1.78 bits per heavy atom. The molecule has 0 saturated heterocycles. The van der Waals surface area contributed by atoms with Gasteiger partial charge in [-0.2, -0.15) is 10.4 Å². The van der Waals surface area contributed by atoms with Gasteiger partial charge in [-0.05, 0) is 36.6 Å². The fraction of sp³-hybridized carbons (Fsp3) is 0.412. The SMILES string of the molecule is CCC(CC)n1ccc(CS(=O)(=O)Cc2ccc(C#N)cc2)n1. The molecular formula is C17H21N3O2S. The van der Waals surface area contributed by atoms with Crippen molar-refractivity contribution in [3.05, 3.63) is 53.3 Å². The fourth-order valence-corrected chi connectivity index (χ4v) is 3.93. The van der Waals surface area contributed by atoms with Crippen molar-refractivity contribution in [1.29, 1.82) is 5.26 Å². The third-order valence-corrected chi connectivity index (χ3v) is 5.33. The minimum Gasteiger partial charge on any atom is -0.269 e. The lowest BCUT2D eigenvalue weighted by molar-refractivity contribution is 0.426. The van der Waals surface area contributed by atoms with Gasteiger partial charge in [0.25, 0.3) is 0 Å². The number of hydrogen-bond acceptors (Lipinski definition) is 4. The number of rotatable bonds is 7. The van der Waals surface area contributed by atoms with Crippen LogP contribution < -0.4 is 0 Å². The van der Waals surface area contributed by atoms with Crippen molar-refractivity contribution in [3.8, 4) is 6.07 Å². The fourth-order valence-electron chi connectivity index (χ4n) is 2.53. The van der Waals surface area contributed by atoms with Gasteiger partial charge >= 0.3 is 0 Å². The Morgan fingerprint density at radius 3 is 2.35 bits per heavy atom. The largest absolute Gasteiger partial charge is 0.269 e. The molecule has 6 heteroatoms. The van der Waals surface area contributed by atoms with Crippen LogP contribution in [0.5, 0.6) is 0 Å². The zero-order valence-electron chi connectivity index (χ0n) is 13.4. The van der Waals surface area contributed by atoms with Crippen molar-refractivity contribution in [1.82, 2.24) is 9.78 Å². The van der Waals surface area contributed by atoms with E-state index >= 15 is 0 Å². The van der Waals surface area contributed by atoms with Gasteiger partial charge in [0.1, 0.15) is 0 Å². The molecule has 0 aliphatic heterocycles. The molecule has 0 aliphatic carbocycles. The van der Waals surface area contributed by atoms with Crippen LogP contribution in [0.15, 0.2) is 36.5 Å². The molecule has 2 aromatic rings. The van der Waals surface area contributed by atoms with E-state index in [-0.39, 0.29) is 11.5 Å². The Morgan fingerprint density at radius 1 is 1.13 bits per heavy atom. The second-order valence-corrected chi connectivity index (χ2v) is 7.66. The van der Waals surface area contributed by atoms with Gasteiger partial charge in [-0.15, -0.1) is 0 Å². The monoisotopic (exact) mass is 331 g/mol. The molecule has 2 rings (SSSR count). The molecular weight excluding hydrogens is 310 g/mol. The maximum atomic E-state index is 12.3. The highest BCUT2D eigenvalue weighted by atomic mass is 32.2. The van der Waals surface area contributed by atoms with E-state index in [0.29, 0.717) is 22.9 Å². The summed E-state index contributed by atoms with van der Waals surface area (Å²) in [6.45, 7) is 4.19. The highest BCUT2D eigenvalue weighted by Gasteiger charge is 2.16. The first-order valence-electron chi connectivity index (χ1n) is 7.71. The minimum absolute atomic E-state index is 0.0451. The molecule has 0 saturated carbocycles. The van der Waals surface area contributed by atoms with E-state index in [4.69, 9.17) is 5.26 Å². The van der Waals surface area contributed by atoms with Crippen LogP contribution in [-0.2, 0) is 21.3 Å². The Hall–Kier alpha value is -2.13. The van der Waals surface area contributed by atoms with Crippen molar-refractivity contribution in [2.24, 2.45) is 0 Å². The molecule has 122 valence electrons. The highest BCUT2D eigenvalue weighted by Crippen LogP contribution is 2.17. The van der Waals surface area contributed by atoms with Crippen LogP contribution in [0.1, 0.15) is 49.6 Å². The molecule has 0 aliphatic rings. The van der Waals surface area contributed by atoms with E-state index in [1.807, 2.05) is 16.9 Å². The lowest BCUT2D eigenvalue weighted by Gasteiger charge is -2.12. The summed E-state index contributed by atoms with van der Waals surface area (Å²) < 4.78 is 26.5. The van der Waals surface area contributed by atoms with Crippen molar-refractivity contribution >= 4 is 9.84 Å². The summed E-state index contributed by atoms with van der Waals surface area (Å²) in [6, 6.07) is 10.7. The van der Waals surface area contributed by atoms with E-state index in [2.05, 4.69) is 18.9 Å². The second kappa shape index (κ2) is 7.42. The summed E-state index contributed by atoms with van der Waals surface area (Å²) >= 11 is 0. The molecule has 1 heterocycles. The lowest BCUT2D eigenvalue weighted by atomic mass is 10.2. The van der Waals surface area contributed by atoms with Gasteiger partial charge in [0.2, 0.25) is 0 Å². The number of benzene rings is 1. The molecule has 0 fully saturated rings. The maximum absolute atomic E-state index is 12.3. The average Bonchev–Trinajstić information content (AvgIpc) is 2.96. The molecule has 0 radical (unpaired) electrons. The summed E-state index contributed by atoms with van der Waals surface area (Å²) in [5, 5.41) is 13.2. The normalized spacial score (nSPS) is 11.6. The summed E-state index contributed by atoms with van der Waals surface area (Å²) in [6.07, 6.45) is 3.79. The third kappa shape index (κ3) is 4.67. The molecule has 1 aromatic carbocycles. The van der Waals surface area contributed by atoms with Crippen molar-refractivity contribution in [2.45, 2.75) is 44.2 Å². The number of hydrogen-bond donors (Lipinski definition) is 0. The predicted molar refractivity (Wildman–Crippen MR) is 89.3 cm³/mol. The van der Waals surface area contributed by atoms with Gasteiger partial charge < -0.3 is 0 Å². The van der Waals surface area contributed by atoms with Gasteiger partial charge in [0, 0.05) is 6.20 Å². The molecule has 0 atom stereocenters. The molecule has 0 unspecified atom stereocenters. The number of nitrogens with zero attached hydrogens (tertiary/aromatic N) is 3. The highest BCUT2D eigenvalue weighted by molar-refractivity contribution is 7.89. The standard InChI is InChI=1S/C17H21N3O2S/c1-3-17(4-2)20-10-9-16(19-20)13-23(21,22)12-15-7-5-14(11-18)6-8-15/h5-10,17H,3-4,12-13H2,1-2H3. The molecule has 5 nitrogen and oxygen atoms in total. The van der Waals surface area contributed by atoms with Crippen LogP contribution in [0.2, 0.25) is 0 Å². The van der Waals surface area contributed by atoms with E-state index in [0.717, 1.165) is 12.8 Å². The van der Waals surface area contributed by atoms with Crippen LogP contribution in [0.25, 0.3) is 0 Å². The van der Waals surface area contributed by atoms with Gasteiger partial charge in [0.15, 0.2) is 9.84 Å². The Kier molecular flexibility index (Phi) is 5.56. The second-order valence-electron chi connectivity index (χ2n) is 5.60. The first kappa shape index (κ1) is 17.2. The van der Waals surface area contributed by atoms with E-state index < -0.39 is 9.84 Å². The molecule has 0 amide bonds. The van der Waals surface area contributed by atoms with Crippen LogP contribution in [-0.4, -0.2) is 18.2 Å². The lowest BCUT2D eigenvalue weighted by Crippen LogP contribution is -2.11. The Bertz CT molecular complexity index is 782. The summed E-state index contributed by atoms with van der Waals surface area (Å²) in [5.41, 5.74) is 1.78. The maximum Gasteiger partial charge on any atom is 0.160 e. The quantitative estimate of drug-likeness (QED) is 0.780. The summed E-state index contributed by atoms with van der Waals surface area (Å²) in [5.74, 6) is -0.114. The van der Waals surface area contributed by atoms with Crippen LogP contribution in [0, 0.1) is 11.3 Å². The first-order chi connectivity index (χ1) is 11.0. The molecule has 1 aromatic heterocycles. The molecule has 0 bridgehead atoms. The number of nitriles is 1. The van der Waals surface area contributed by atoms with Crippen molar-refractivity contribution < 1.29 is 8.42 Å². The van der Waals surface area contributed by atoms with Gasteiger partial charge in [-0.25, -0.2) is 8.42 Å². The van der Waals surface area contributed by atoms with Gasteiger partial charge in [-0.1, -0.05) is 26.0 Å². The van der Waals surface area contributed by atoms with Crippen molar-refractivity contribution in [3.63, 3.8) is 0 Å². The topological polar surface area (TPSA) is 75.8 Å². The molecule has 0 N–H and O–H groups in total. The predicted octanol–water partition coefficient (Wildman–Crippen LogP) is 3.23. The van der Waals surface area contributed by atoms with E-state index in [1.54, 1.807) is 30.3 Å². The zero-order valence-corrected chi connectivity index (χ0v) is 14.3. The Labute approximate surface area is 137 Å². The van der Waals surface area contributed by atoms with Crippen LogP contribution >= 0.6 is 0 Å².